The number of rotatable bonds is 4. The maximum atomic E-state index is 10.5. The molecule has 1 heterocycles. The zero-order chi connectivity index (χ0) is 13.9. The molecule has 0 radical (unpaired) electrons. The predicted octanol–water partition coefficient (Wildman–Crippen LogP) is 2.50. The summed E-state index contributed by atoms with van der Waals surface area (Å²) in [6.07, 6.45) is 5.84. The number of aliphatic hydroxyl groups is 1. The van der Waals surface area contributed by atoms with E-state index in [1.165, 1.54) is 24.2 Å². The smallest absolute Gasteiger partial charge is 0.124 e. The van der Waals surface area contributed by atoms with Gasteiger partial charge >= 0.3 is 0 Å². The van der Waals surface area contributed by atoms with Gasteiger partial charge in [-0.3, -0.25) is 0 Å². The topological polar surface area (TPSA) is 47.3 Å². The van der Waals surface area contributed by atoms with Gasteiger partial charge in [-0.15, -0.1) is 0 Å². The van der Waals surface area contributed by atoms with Crippen LogP contribution in [0.3, 0.4) is 0 Å². The predicted molar refractivity (Wildman–Crippen MR) is 76.8 cm³/mol. The third-order valence-corrected chi connectivity index (χ3v) is 3.98. The van der Waals surface area contributed by atoms with Gasteiger partial charge in [-0.1, -0.05) is 18.2 Å². The molecule has 0 bridgehead atoms. The molecule has 1 atom stereocenters. The van der Waals surface area contributed by atoms with Crippen LogP contribution in [0.15, 0.2) is 30.6 Å². The molecule has 1 N–H and O–H groups in total. The number of hydrogen-bond acceptors (Lipinski definition) is 3. The minimum atomic E-state index is -0.577. The molecule has 0 spiro atoms. The van der Waals surface area contributed by atoms with E-state index in [1.807, 2.05) is 30.6 Å². The summed E-state index contributed by atoms with van der Waals surface area (Å²) in [5.74, 6) is 0.731. The van der Waals surface area contributed by atoms with Gasteiger partial charge < -0.3 is 14.4 Å². The number of methoxy groups -OCH3 is 1. The molecule has 1 aromatic carbocycles. The van der Waals surface area contributed by atoms with Crippen molar-refractivity contribution in [2.45, 2.75) is 38.3 Å². The summed E-state index contributed by atoms with van der Waals surface area (Å²) in [6.45, 7) is 0.530. The normalized spacial score (nSPS) is 15.7. The van der Waals surface area contributed by atoms with Crippen molar-refractivity contribution in [3.63, 3.8) is 0 Å². The van der Waals surface area contributed by atoms with Crippen LogP contribution in [-0.4, -0.2) is 21.8 Å². The lowest BCUT2D eigenvalue weighted by molar-refractivity contribution is 0.151. The standard InChI is InChI=1S/C16H20N2O2/c1-20-16-9-5-2-6-12(16)15(19)10-18-11-17-13-7-3-4-8-14(13)18/h2,5-6,9,11,15,19H,3-4,7-8,10H2,1H3. The van der Waals surface area contributed by atoms with Crippen LogP contribution in [0.25, 0.3) is 0 Å². The lowest BCUT2D eigenvalue weighted by atomic mass is 10.0. The van der Waals surface area contributed by atoms with Gasteiger partial charge in [-0.05, 0) is 31.7 Å². The van der Waals surface area contributed by atoms with Crippen molar-refractivity contribution in [2.24, 2.45) is 0 Å². The van der Waals surface area contributed by atoms with Crippen LogP contribution in [-0.2, 0) is 19.4 Å². The fourth-order valence-corrected chi connectivity index (χ4v) is 2.91. The lowest BCUT2D eigenvalue weighted by Crippen LogP contribution is -2.13. The van der Waals surface area contributed by atoms with E-state index in [-0.39, 0.29) is 0 Å². The molecular formula is C16H20N2O2. The van der Waals surface area contributed by atoms with Crippen LogP contribution < -0.4 is 4.74 Å². The fourth-order valence-electron chi connectivity index (χ4n) is 2.91. The second-order valence-corrected chi connectivity index (χ2v) is 5.26. The molecule has 0 saturated heterocycles. The van der Waals surface area contributed by atoms with Crippen LogP contribution in [0.4, 0.5) is 0 Å². The second-order valence-electron chi connectivity index (χ2n) is 5.26. The van der Waals surface area contributed by atoms with Crippen molar-refractivity contribution in [3.8, 4) is 5.75 Å². The number of nitrogens with zero attached hydrogens (tertiary/aromatic N) is 2. The molecule has 2 aromatic rings. The van der Waals surface area contributed by atoms with Crippen molar-refractivity contribution < 1.29 is 9.84 Å². The molecule has 20 heavy (non-hydrogen) atoms. The van der Waals surface area contributed by atoms with Crippen molar-refractivity contribution in [1.29, 1.82) is 0 Å². The zero-order valence-electron chi connectivity index (χ0n) is 11.7. The van der Waals surface area contributed by atoms with Crippen LogP contribution in [0.2, 0.25) is 0 Å². The van der Waals surface area contributed by atoms with Gasteiger partial charge in [0, 0.05) is 11.3 Å². The third-order valence-electron chi connectivity index (χ3n) is 3.98. The number of aliphatic hydroxyl groups excluding tert-OH is 1. The summed E-state index contributed by atoms with van der Waals surface area (Å²) in [4.78, 5) is 4.47. The SMILES string of the molecule is COc1ccccc1C(O)Cn1cnc2c1CCCC2. The zero-order valence-corrected chi connectivity index (χ0v) is 11.7. The van der Waals surface area contributed by atoms with E-state index in [0.29, 0.717) is 6.54 Å². The molecule has 0 saturated carbocycles. The lowest BCUT2D eigenvalue weighted by Gasteiger charge is -2.18. The average molecular weight is 272 g/mol. The van der Waals surface area contributed by atoms with E-state index < -0.39 is 6.10 Å². The maximum absolute atomic E-state index is 10.5. The monoisotopic (exact) mass is 272 g/mol. The number of imidazole rings is 1. The van der Waals surface area contributed by atoms with Crippen LogP contribution in [0.1, 0.15) is 35.9 Å². The van der Waals surface area contributed by atoms with Gasteiger partial charge in [0.1, 0.15) is 11.9 Å². The molecule has 0 amide bonds. The van der Waals surface area contributed by atoms with Gasteiger partial charge in [0.2, 0.25) is 0 Å². The van der Waals surface area contributed by atoms with E-state index in [9.17, 15) is 5.11 Å². The van der Waals surface area contributed by atoms with Gasteiger partial charge in [-0.25, -0.2) is 4.98 Å². The van der Waals surface area contributed by atoms with E-state index in [0.717, 1.165) is 24.2 Å². The molecule has 1 unspecified atom stereocenters. The minimum Gasteiger partial charge on any atom is -0.496 e. The largest absolute Gasteiger partial charge is 0.496 e. The van der Waals surface area contributed by atoms with E-state index in [2.05, 4.69) is 9.55 Å². The number of fused-ring (bicyclic) bond motifs is 1. The quantitative estimate of drug-likeness (QED) is 0.930. The number of aryl methyl sites for hydroxylation is 1. The Morgan fingerprint density at radius 2 is 2.10 bits per heavy atom. The third kappa shape index (κ3) is 2.43. The van der Waals surface area contributed by atoms with Gasteiger partial charge in [0.05, 0.1) is 25.7 Å². The Kier molecular flexibility index (Phi) is 3.74. The first-order valence-electron chi connectivity index (χ1n) is 7.13. The summed E-state index contributed by atoms with van der Waals surface area (Å²) in [7, 11) is 1.63. The summed E-state index contributed by atoms with van der Waals surface area (Å²) in [5, 5.41) is 10.5. The Hall–Kier alpha value is -1.81. The number of hydrogen-bond donors (Lipinski definition) is 1. The Bertz CT molecular complexity index is 592. The van der Waals surface area contributed by atoms with E-state index >= 15 is 0 Å². The van der Waals surface area contributed by atoms with Crippen LogP contribution >= 0.6 is 0 Å². The van der Waals surface area contributed by atoms with Crippen molar-refractivity contribution in [2.75, 3.05) is 7.11 Å². The molecule has 1 aromatic heterocycles. The number of benzene rings is 1. The van der Waals surface area contributed by atoms with Gasteiger partial charge in [-0.2, -0.15) is 0 Å². The highest BCUT2D eigenvalue weighted by Crippen LogP contribution is 2.27. The average Bonchev–Trinajstić information content (AvgIpc) is 2.90. The van der Waals surface area contributed by atoms with Crippen LogP contribution in [0.5, 0.6) is 5.75 Å². The first kappa shape index (κ1) is 13.2. The Labute approximate surface area is 119 Å². The van der Waals surface area contributed by atoms with E-state index in [4.69, 9.17) is 4.74 Å². The Balaban J connectivity index is 1.82. The summed E-state index contributed by atoms with van der Waals surface area (Å²) < 4.78 is 7.40. The van der Waals surface area contributed by atoms with Gasteiger partial charge in [0.25, 0.3) is 0 Å². The summed E-state index contributed by atoms with van der Waals surface area (Å²) in [6, 6.07) is 7.62. The summed E-state index contributed by atoms with van der Waals surface area (Å²) >= 11 is 0. The summed E-state index contributed by atoms with van der Waals surface area (Å²) in [5.41, 5.74) is 3.31. The second kappa shape index (κ2) is 5.67. The Morgan fingerprint density at radius 3 is 2.95 bits per heavy atom. The molecule has 3 rings (SSSR count). The number of para-hydroxylation sites is 1. The highest BCUT2D eigenvalue weighted by Gasteiger charge is 2.19. The molecule has 1 aliphatic rings. The maximum Gasteiger partial charge on any atom is 0.124 e. The Morgan fingerprint density at radius 1 is 1.30 bits per heavy atom. The molecule has 4 nitrogen and oxygen atoms in total. The molecular weight excluding hydrogens is 252 g/mol. The van der Waals surface area contributed by atoms with E-state index in [1.54, 1.807) is 7.11 Å². The highest BCUT2D eigenvalue weighted by molar-refractivity contribution is 5.35. The van der Waals surface area contributed by atoms with Crippen molar-refractivity contribution in [1.82, 2.24) is 9.55 Å². The van der Waals surface area contributed by atoms with Crippen molar-refractivity contribution in [3.05, 3.63) is 47.5 Å². The molecule has 4 heteroatoms. The number of ether oxygens (including phenoxy) is 1. The number of aromatic nitrogens is 2. The van der Waals surface area contributed by atoms with Crippen LogP contribution in [0, 0.1) is 0 Å². The molecule has 1 aliphatic carbocycles. The highest BCUT2D eigenvalue weighted by atomic mass is 16.5. The fraction of sp³-hybridized carbons (Fsp3) is 0.438. The van der Waals surface area contributed by atoms with Crippen molar-refractivity contribution >= 4 is 0 Å². The first-order chi connectivity index (χ1) is 9.79. The molecule has 106 valence electrons. The van der Waals surface area contributed by atoms with Gasteiger partial charge in [0.15, 0.2) is 0 Å². The molecule has 0 fully saturated rings. The molecule has 0 aliphatic heterocycles. The first-order valence-corrected chi connectivity index (χ1v) is 7.13. The minimum absolute atomic E-state index is 0.530.